The molecule has 1 aromatic rings. The molecule has 0 aromatic heterocycles. The second-order valence-corrected chi connectivity index (χ2v) is 5.30. The van der Waals surface area contributed by atoms with Gasteiger partial charge in [-0.1, -0.05) is 31.1 Å². The highest BCUT2D eigenvalue weighted by Gasteiger charge is 2.01. The quantitative estimate of drug-likeness (QED) is 0.635. The van der Waals surface area contributed by atoms with Gasteiger partial charge >= 0.3 is 5.97 Å². The van der Waals surface area contributed by atoms with Gasteiger partial charge in [-0.25, -0.2) is 4.79 Å². The maximum atomic E-state index is 10.8. The van der Waals surface area contributed by atoms with Gasteiger partial charge in [0.2, 0.25) is 0 Å². The van der Waals surface area contributed by atoms with Crippen molar-refractivity contribution in [1.29, 1.82) is 0 Å². The monoisotopic (exact) mass is 302 g/mol. The molecule has 3 nitrogen and oxygen atoms in total. The number of hydrogen-bond acceptors (Lipinski definition) is 2. The summed E-state index contributed by atoms with van der Waals surface area (Å²) in [5.41, 5.74) is 3.10. The van der Waals surface area contributed by atoms with Gasteiger partial charge in [-0.15, -0.1) is 0 Å². The molecule has 1 N–H and O–H groups in total. The summed E-state index contributed by atoms with van der Waals surface area (Å²) in [4.78, 5) is 10.8. The molecule has 3 heteroatoms. The summed E-state index contributed by atoms with van der Waals surface area (Å²) >= 11 is 0. The van der Waals surface area contributed by atoms with Crippen LogP contribution in [0.25, 0.3) is 0 Å². The van der Waals surface area contributed by atoms with Crippen LogP contribution in [-0.4, -0.2) is 17.7 Å². The summed E-state index contributed by atoms with van der Waals surface area (Å²) in [6.45, 7) is 7.01. The van der Waals surface area contributed by atoms with E-state index >= 15 is 0 Å². The number of allylic oxidation sites excluding steroid dienone is 3. The van der Waals surface area contributed by atoms with Crippen LogP contribution in [-0.2, 0) is 0 Å². The van der Waals surface area contributed by atoms with Gasteiger partial charge in [0, 0.05) is 0 Å². The van der Waals surface area contributed by atoms with E-state index in [9.17, 15) is 4.79 Å². The number of aromatic carboxylic acids is 1. The summed E-state index contributed by atoms with van der Waals surface area (Å²) in [5.74, 6) is -0.228. The molecule has 0 aliphatic carbocycles. The Balaban J connectivity index is 2.46. The van der Waals surface area contributed by atoms with Crippen LogP contribution in [0.3, 0.4) is 0 Å². The number of benzene rings is 1. The first-order chi connectivity index (χ1) is 10.6. The maximum absolute atomic E-state index is 10.8. The molecule has 1 rings (SSSR count). The molecule has 0 fully saturated rings. The average Bonchev–Trinajstić information content (AvgIpc) is 2.53. The zero-order chi connectivity index (χ0) is 16.4. The van der Waals surface area contributed by atoms with E-state index in [4.69, 9.17) is 9.84 Å². The van der Waals surface area contributed by atoms with Crippen LogP contribution in [0.1, 0.15) is 56.8 Å². The van der Waals surface area contributed by atoms with Crippen molar-refractivity contribution < 1.29 is 14.6 Å². The minimum absolute atomic E-state index is 0.273. The van der Waals surface area contributed by atoms with Gasteiger partial charge in [0.05, 0.1) is 5.56 Å². The number of carboxylic acid groups (broad SMARTS) is 1. The first kappa shape index (κ1) is 18.0. The Morgan fingerprint density at radius 3 is 2.36 bits per heavy atom. The molecule has 0 atom stereocenters. The fourth-order valence-electron chi connectivity index (χ4n) is 2.02. The van der Waals surface area contributed by atoms with E-state index in [-0.39, 0.29) is 5.56 Å². The van der Waals surface area contributed by atoms with Crippen LogP contribution in [0.2, 0.25) is 0 Å². The predicted octanol–water partition coefficient (Wildman–Crippen LogP) is 5.24. The zero-order valence-electron chi connectivity index (χ0n) is 13.8. The lowest BCUT2D eigenvalue weighted by Gasteiger charge is -2.06. The van der Waals surface area contributed by atoms with Crippen LogP contribution in [0.5, 0.6) is 5.75 Å². The Morgan fingerprint density at radius 2 is 1.82 bits per heavy atom. The van der Waals surface area contributed by atoms with Crippen molar-refractivity contribution in [2.24, 2.45) is 0 Å². The molecule has 120 valence electrons. The van der Waals surface area contributed by atoms with Gasteiger partial charge in [-0.05, 0) is 62.9 Å². The average molecular weight is 302 g/mol. The Labute approximate surface area is 133 Å². The van der Waals surface area contributed by atoms with Gasteiger partial charge < -0.3 is 9.84 Å². The van der Waals surface area contributed by atoms with Gasteiger partial charge in [-0.2, -0.15) is 0 Å². The SMILES string of the molecule is CC/C(C)=C\CC/C(=C/COc1ccc(C(=O)O)cc1)CC. The number of rotatable bonds is 9. The van der Waals surface area contributed by atoms with Crippen molar-refractivity contribution in [1.82, 2.24) is 0 Å². The number of hydrogen-bond donors (Lipinski definition) is 1. The van der Waals surface area contributed by atoms with E-state index in [0.717, 1.165) is 25.7 Å². The standard InChI is InChI=1S/C19H26O3/c1-4-15(3)7-6-8-16(5-2)13-14-22-18-11-9-17(10-12-18)19(20)21/h7,9-13H,4-6,8,14H2,1-3H3,(H,20,21)/b15-7-,16-13+. The molecular weight excluding hydrogens is 276 g/mol. The molecule has 0 bridgehead atoms. The fourth-order valence-corrected chi connectivity index (χ4v) is 2.02. The van der Waals surface area contributed by atoms with E-state index in [0.29, 0.717) is 12.4 Å². The lowest BCUT2D eigenvalue weighted by molar-refractivity contribution is 0.0697. The number of carboxylic acids is 1. The second kappa shape index (κ2) is 9.82. The van der Waals surface area contributed by atoms with E-state index in [1.807, 2.05) is 0 Å². The van der Waals surface area contributed by atoms with Crippen LogP contribution < -0.4 is 4.74 Å². The van der Waals surface area contributed by atoms with E-state index in [1.54, 1.807) is 24.3 Å². The number of ether oxygens (including phenoxy) is 1. The Hall–Kier alpha value is -2.03. The minimum atomic E-state index is -0.921. The molecule has 0 heterocycles. The lowest BCUT2D eigenvalue weighted by atomic mass is 10.1. The van der Waals surface area contributed by atoms with E-state index < -0.39 is 5.97 Å². The lowest BCUT2D eigenvalue weighted by Crippen LogP contribution is -1.98. The highest BCUT2D eigenvalue weighted by Crippen LogP contribution is 2.15. The highest BCUT2D eigenvalue weighted by molar-refractivity contribution is 5.87. The van der Waals surface area contributed by atoms with Crippen molar-refractivity contribution in [2.75, 3.05) is 6.61 Å². The molecule has 0 saturated carbocycles. The third-order valence-electron chi connectivity index (χ3n) is 3.69. The third kappa shape index (κ3) is 6.61. The van der Waals surface area contributed by atoms with E-state index in [2.05, 4.69) is 32.9 Å². The van der Waals surface area contributed by atoms with Gasteiger partial charge in [0.25, 0.3) is 0 Å². The normalized spacial score (nSPS) is 12.3. The summed E-state index contributed by atoms with van der Waals surface area (Å²) in [7, 11) is 0. The van der Waals surface area contributed by atoms with Crippen LogP contribution >= 0.6 is 0 Å². The first-order valence-corrected chi connectivity index (χ1v) is 7.86. The largest absolute Gasteiger partial charge is 0.490 e. The second-order valence-electron chi connectivity index (χ2n) is 5.30. The predicted molar refractivity (Wildman–Crippen MR) is 90.6 cm³/mol. The molecule has 0 spiro atoms. The summed E-state index contributed by atoms with van der Waals surface area (Å²) in [6, 6.07) is 6.49. The van der Waals surface area contributed by atoms with Crippen molar-refractivity contribution >= 4 is 5.97 Å². The van der Waals surface area contributed by atoms with Crippen LogP contribution in [0.15, 0.2) is 47.6 Å². The maximum Gasteiger partial charge on any atom is 0.335 e. The van der Waals surface area contributed by atoms with Gasteiger partial charge in [0.1, 0.15) is 12.4 Å². The number of carbonyl (C=O) groups is 1. The Kier molecular flexibility index (Phi) is 8.05. The molecule has 22 heavy (non-hydrogen) atoms. The molecular formula is C19H26O3. The molecule has 0 aliphatic rings. The molecule has 0 radical (unpaired) electrons. The summed E-state index contributed by atoms with van der Waals surface area (Å²) < 4.78 is 5.64. The smallest absolute Gasteiger partial charge is 0.335 e. The van der Waals surface area contributed by atoms with Crippen LogP contribution in [0.4, 0.5) is 0 Å². The summed E-state index contributed by atoms with van der Waals surface area (Å²) in [6.07, 6.45) is 8.71. The zero-order valence-corrected chi connectivity index (χ0v) is 13.8. The Morgan fingerprint density at radius 1 is 1.14 bits per heavy atom. The fraction of sp³-hybridized carbons (Fsp3) is 0.421. The molecule has 1 aromatic carbocycles. The minimum Gasteiger partial charge on any atom is -0.490 e. The molecule has 0 saturated heterocycles. The van der Waals surface area contributed by atoms with Crippen LogP contribution in [0, 0.1) is 0 Å². The van der Waals surface area contributed by atoms with Gasteiger partial charge in [0.15, 0.2) is 0 Å². The van der Waals surface area contributed by atoms with Crippen molar-refractivity contribution in [3.8, 4) is 5.75 Å². The van der Waals surface area contributed by atoms with Crippen molar-refractivity contribution in [2.45, 2.75) is 46.5 Å². The van der Waals surface area contributed by atoms with Gasteiger partial charge in [-0.3, -0.25) is 0 Å². The van der Waals surface area contributed by atoms with E-state index in [1.165, 1.54) is 11.1 Å². The molecule has 0 amide bonds. The summed E-state index contributed by atoms with van der Waals surface area (Å²) in [5, 5.41) is 8.84. The van der Waals surface area contributed by atoms with Crippen molar-refractivity contribution in [3.63, 3.8) is 0 Å². The molecule has 0 aliphatic heterocycles. The van der Waals surface area contributed by atoms with Crippen molar-refractivity contribution in [3.05, 3.63) is 53.1 Å². The first-order valence-electron chi connectivity index (χ1n) is 7.86. The third-order valence-corrected chi connectivity index (χ3v) is 3.69. The highest BCUT2D eigenvalue weighted by atomic mass is 16.5. The molecule has 0 unspecified atom stereocenters. The topological polar surface area (TPSA) is 46.5 Å². The Bertz CT molecular complexity index is 524.